The number of carbonyl (C=O) groups is 2. The summed E-state index contributed by atoms with van der Waals surface area (Å²) in [5.74, 6) is -2.06. The number of aliphatic carboxylic acids is 1. The van der Waals surface area contributed by atoms with Crippen LogP contribution in [0.5, 0.6) is 0 Å². The molecule has 164 valence electrons. The fourth-order valence-electron chi connectivity index (χ4n) is 4.03. The molecule has 0 fully saturated rings. The number of hydrogen-bond donors (Lipinski definition) is 2. The van der Waals surface area contributed by atoms with Crippen LogP contribution in [0, 0.1) is 5.41 Å². The molecule has 4 nitrogen and oxygen atoms in total. The van der Waals surface area contributed by atoms with Crippen LogP contribution in [0.1, 0.15) is 69.8 Å². The quantitative estimate of drug-likeness (QED) is 0.374. The maximum absolute atomic E-state index is 11.4. The summed E-state index contributed by atoms with van der Waals surface area (Å²) in [6.45, 7) is 10.5. The van der Waals surface area contributed by atoms with Crippen LogP contribution in [0.3, 0.4) is 0 Å². The molecular formula is C27H32O4. The Morgan fingerprint density at radius 2 is 1.74 bits per heavy atom. The highest BCUT2D eigenvalue weighted by atomic mass is 16.4. The van der Waals surface area contributed by atoms with Gasteiger partial charge in [-0.15, -0.1) is 0 Å². The molecule has 4 heteroatoms. The zero-order valence-corrected chi connectivity index (χ0v) is 19.0. The number of benzene rings is 1. The van der Waals surface area contributed by atoms with Crippen molar-refractivity contribution >= 4 is 17.5 Å². The molecule has 0 spiro atoms. The molecule has 31 heavy (non-hydrogen) atoms. The molecule has 1 aromatic carbocycles. The largest absolute Gasteiger partial charge is 0.478 e. The predicted molar refractivity (Wildman–Crippen MR) is 126 cm³/mol. The Bertz CT molecular complexity index is 1010. The zero-order valence-electron chi connectivity index (χ0n) is 19.0. The summed E-state index contributed by atoms with van der Waals surface area (Å²) in [4.78, 5) is 22.5. The number of rotatable bonds is 7. The topological polar surface area (TPSA) is 74.6 Å². The fourth-order valence-corrected chi connectivity index (χ4v) is 4.03. The second-order valence-electron chi connectivity index (χ2n) is 8.81. The third kappa shape index (κ3) is 6.68. The van der Waals surface area contributed by atoms with Crippen LogP contribution in [-0.2, 0) is 4.79 Å². The fraction of sp³-hybridized carbons (Fsp3) is 0.333. The first-order valence-electron chi connectivity index (χ1n) is 10.5. The number of carboxylic acids is 2. The maximum Gasteiger partial charge on any atom is 0.335 e. The van der Waals surface area contributed by atoms with Crippen LogP contribution >= 0.6 is 0 Å². The lowest BCUT2D eigenvalue weighted by Gasteiger charge is -2.32. The van der Waals surface area contributed by atoms with E-state index >= 15 is 0 Å². The Labute approximate surface area is 185 Å². The number of allylic oxidation sites excluding steroid dienone is 9. The smallest absolute Gasteiger partial charge is 0.335 e. The third-order valence-corrected chi connectivity index (χ3v) is 5.75. The summed E-state index contributed by atoms with van der Waals surface area (Å²) in [6, 6.07) is 6.53. The summed E-state index contributed by atoms with van der Waals surface area (Å²) in [5, 5.41) is 18.5. The van der Waals surface area contributed by atoms with Crippen molar-refractivity contribution in [2.75, 3.05) is 0 Å². The van der Waals surface area contributed by atoms with E-state index in [4.69, 9.17) is 0 Å². The van der Waals surface area contributed by atoms with Crippen molar-refractivity contribution in [1.82, 2.24) is 0 Å². The van der Waals surface area contributed by atoms with E-state index in [1.807, 2.05) is 19.1 Å². The Hall–Kier alpha value is -3.14. The summed E-state index contributed by atoms with van der Waals surface area (Å²) >= 11 is 0. The van der Waals surface area contributed by atoms with Gasteiger partial charge in [0.15, 0.2) is 0 Å². The second-order valence-corrected chi connectivity index (χ2v) is 8.81. The van der Waals surface area contributed by atoms with Gasteiger partial charge in [-0.1, -0.05) is 61.4 Å². The van der Waals surface area contributed by atoms with Gasteiger partial charge < -0.3 is 10.2 Å². The molecule has 0 bridgehead atoms. The number of hydrogen-bond acceptors (Lipinski definition) is 2. The normalized spacial score (nSPS) is 17.9. The highest BCUT2D eigenvalue weighted by molar-refractivity contribution is 5.92. The molecule has 0 aromatic heterocycles. The van der Waals surface area contributed by atoms with Crippen molar-refractivity contribution in [2.45, 2.75) is 53.9 Å². The Kier molecular flexibility index (Phi) is 7.98. The molecule has 1 aromatic rings. The lowest BCUT2D eigenvalue weighted by molar-refractivity contribution is -0.131. The van der Waals surface area contributed by atoms with Gasteiger partial charge in [-0.3, -0.25) is 0 Å². The molecular weight excluding hydrogens is 388 g/mol. The molecule has 0 saturated carbocycles. The third-order valence-electron chi connectivity index (χ3n) is 5.75. The van der Waals surface area contributed by atoms with Crippen LogP contribution < -0.4 is 0 Å². The first kappa shape index (κ1) is 24.1. The van der Waals surface area contributed by atoms with Crippen LogP contribution in [0.4, 0.5) is 0 Å². The van der Waals surface area contributed by atoms with Gasteiger partial charge in [0.2, 0.25) is 0 Å². The molecule has 0 saturated heterocycles. The molecule has 1 aliphatic rings. The molecule has 0 aliphatic heterocycles. The Morgan fingerprint density at radius 3 is 2.35 bits per heavy atom. The first-order valence-corrected chi connectivity index (χ1v) is 10.5. The molecule has 0 heterocycles. The summed E-state index contributed by atoms with van der Waals surface area (Å²) in [7, 11) is 0. The summed E-state index contributed by atoms with van der Waals surface area (Å²) in [6.07, 6.45) is 12.7. The summed E-state index contributed by atoms with van der Waals surface area (Å²) < 4.78 is 0. The van der Waals surface area contributed by atoms with E-state index in [-0.39, 0.29) is 11.0 Å². The minimum absolute atomic E-state index is 0.161. The zero-order chi connectivity index (χ0) is 23.2. The first-order chi connectivity index (χ1) is 14.5. The number of aromatic carboxylic acids is 1. The monoisotopic (exact) mass is 420 g/mol. The van der Waals surface area contributed by atoms with Gasteiger partial charge in [0.25, 0.3) is 0 Å². The van der Waals surface area contributed by atoms with Crippen molar-refractivity contribution in [3.63, 3.8) is 0 Å². The van der Waals surface area contributed by atoms with Gasteiger partial charge >= 0.3 is 11.9 Å². The van der Waals surface area contributed by atoms with E-state index in [2.05, 4.69) is 32.9 Å². The van der Waals surface area contributed by atoms with Gasteiger partial charge in [-0.25, -0.2) is 9.59 Å². The minimum atomic E-state index is -1.04. The van der Waals surface area contributed by atoms with Crippen LogP contribution in [-0.4, -0.2) is 22.2 Å². The molecule has 0 amide bonds. The van der Waals surface area contributed by atoms with Crippen molar-refractivity contribution in [3.8, 4) is 0 Å². The SMILES string of the molecule is CC(C=CC1=C(C)CCCC1(C)C)=CC=C(C(C)=CC(=O)O)c1cccc(C(=O)O)c1. The van der Waals surface area contributed by atoms with Gasteiger partial charge in [-0.05, 0) is 79.9 Å². The predicted octanol–water partition coefficient (Wildman–Crippen LogP) is 6.83. The van der Waals surface area contributed by atoms with E-state index in [1.165, 1.54) is 30.1 Å². The van der Waals surface area contributed by atoms with E-state index in [0.717, 1.165) is 18.1 Å². The molecule has 0 radical (unpaired) electrons. The average molecular weight is 421 g/mol. The van der Waals surface area contributed by atoms with Gasteiger partial charge in [-0.2, -0.15) is 0 Å². The van der Waals surface area contributed by atoms with Crippen LogP contribution in [0.2, 0.25) is 0 Å². The van der Waals surface area contributed by atoms with E-state index in [0.29, 0.717) is 16.7 Å². The van der Waals surface area contributed by atoms with E-state index < -0.39 is 11.9 Å². The van der Waals surface area contributed by atoms with Crippen molar-refractivity contribution in [2.24, 2.45) is 5.41 Å². The van der Waals surface area contributed by atoms with E-state index in [9.17, 15) is 19.8 Å². The van der Waals surface area contributed by atoms with Crippen molar-refractivity contribution < 1.29 is 19.8 Å². The van der Waals surface area contributed by atoms with Crippen LogP contribution in [0.15, 0.2) is 76.9 Å². The lowest BCUT2D eigenvalue weighted by atomic mass is 9.72. The molecule has 2 N–H and O–H groups in total. The Morgan fingerprint density at radius 1 is 1.06 bits per heavy atom. The molecule has 2 rings (SSSR count). The lowest BCUT2D eigenvalue weighted by Crippen LogP contribution is -2.19. The number of carboxylic acid groups (broad SMARTS) is 2. The Balaban J connectivity index is 2.43. The standard InChI is InChI=1S/C27H32O4/c1-18(12-14-24-19(2)8-7-15-27(24,4)5)11-13-23(20(3)16-25(28)29)21-9-6-10-22(17-21)26(30)31/h6,9-14,16-17H,7-8,15H2,1-5H3,(H,28,29)(H,30,31). The molecule has 1 aliphatic carbocycles. The van der Waals surface area contributed by atoms with Gasteiger partial charge in [0.1, 0.15) is 0 Å². The molecule has 0 atom stereocenters. The van der Waals surface area contributed by atoms with Crippen molar-refractivity contribution in [3.05, 3.63) is 88.1 Å². The summed E-state index contributed by atoms with van der Waals surface area (Å²) in [5.41, 5.74) is 6.05. The van der Waals surface area contributed by atoms with Crippen molar-refractivity contribution in [1.29, 1.82) is 0 Å². The highest BCUT2D eigenvalue weighted by Gasteiger charge is 2.26. The van der Waals surface area contributed by atoms with Gasteiger partial charge in [0.05, 0.1) is 5.56 Å². The average Bonchev–Trinajstić information content (AvgIpc) is 2.67. The maximum atomic E-state index is 11.4. The van der Waals surface area contributed by atoms with Gasteiger partial charge in [0, 0.05) is 6.08 Å². The van der Waals surface area contributed by atoms with E-state index in [1.54, 1.807) is 25.1 Å². The minimum Gasteiger partial charge on any atom is -0.478 e. The molecule has 0 unspecified atom stereocenters. The highest BCUT2D eigenvalue weighted by Crippen LogP contribution is 2.40. The second kappa shape index (κ2) is 10.3. The van der Waals surface area contributed by atoms with Crippen LogP contribution in [0.25, 0.3) is 5.57 Å².